The van der Waals surface area contributed by atoms with Gasteiger partial charge in [-0.3, -0.25) is 0 Å². The van der Waals surface area contributed by atoms with Crippen molar-refractivity contribution in [1.29, 1.82) is 0 Å². The number of halogens is 2. The molecule has 1 aliphatic carbocycles. The number of hydrogen-bond acceptors (Lipinski definition) is 2. The third-order valence-electron chi connectivity index (χ3n) is 2.73. The number of thiophene rings is 1. The Kier molecular flexibility index (Phi) is 4.27. The van der Waals surface area contributed by atoms with Gasteiger partial charge in [0.05, 0.1) is 7.57 Å². The van der Waals surface area contributed by atoms with Gasteiger partial charge in [0.25, 0.3) is 0 Å². The first-order valence-electron chi connectivity index (χ1n) is 5.40. The molecule has 1 atom stereocenters. The summed E-state index contributed by atoms with van der Waals surface area (Å²) >= 11 is 8.97. The fourth-order valence-electron chi connectivity index (χ4n) is 1.82. The van der Waals surface area contributed by atoms with E-state index in [1.807, 2.05) is 0 Å². The van der Waals surface area contributed by atoms with E-state index in [-0.39, 0.29) is 0 Å². The van der Waals surface area contributed by atoms with Gasteiger partial charge in [-0.25, -0.2) is 0 Å². The third-order valence-corrected chi connectivity index (χ3v) is 5.11. The van der Waals surface area contributed by atoms with Crippen molar-refractivity contribution in [3.8, 4) is 0 Å². The monoisotopic (exact) mass is 351 g/mol. The molecule has 84 valence electrons. The predicted molar refractivity (Wildman–Crippen MR) is 73.5 cm³/mol. The first-order chi connectivity index (χ1) is 7.22. The van der Waals surface area contributed by atoms with Gasteiger partial charge in [0.1, 0.15) is 0 Å². The van der Waals surface area contributed by atoms with Gasteiger partial charge in [0.2, 0.25) is 0 Å². The second-order valence-corrected chi connectivity index (χ2v) is 7.80. The quantitative estimate of drug-likeness (QED) is 0.808. The maximum Gasteiger partial charge on any atom is 0.0758 e. The molecule has 1 aromatic heterocycles. The fourth-order valence-corrected chi connectivity index (χ4v) is 4.75. The summed E-state index contributed by atoms with van der Waals surface area (Å²) in [6, 6.07) is 2.81. The van der Waals surface area contributed by atoms with Crippen LogP contribution in [0.4, 0.5) is 0 Å². The molecule has 1 heterocycles. The van der Waals surface area contributed by atoms with E-state index in [1.54, 1.807) is 11.3 Å². The maximum atomic E-state index is 3.66. The van der Waals surface area contributed by atoms with Crippen molar-refractivity contribution in [1.82, 2.24) is 5.32 Å². The smallest absolute Gasteiger partial charge is 0.0758 e. The molecule has 0 saturated heterocycles. The van der Waals surface area contributed by atoms with Gasteiger partial charge >= 0.3 is 0 Å². The first-order valence-corrected chi connectivity index (χ1v) is 7.80. The normalized spacial score (nSPS) is 18.1. The van der Waals surface area contributed by atoms with Crippen LogP contribution in [0, 0.1) is 5.92 Å². The summed E-state index contributed by atoms with van der Waals surface area (Å²) in [5.41, 5.74) is 1.43. The fraction of sp³-hybridized carbons (Fsp3) is 0.636. The van der Waals surface area contributed by atoms with E-state index in [2.05, 4.69) is 50.2 Å². The third kappa shape index (κ3) is 3.05. The highest BCUT2D eigenvalue weighted by molar-refractivity contribution is 9.12. The Labute approximate surface area is 112 Å². The zero-order chi connectivity index (χ0) is 10.8. The average Bonchev–Trinajstić information content (AvgIpc) is 2.95. The van der Waals surface area contributed by atoms with Crippen LogP contribution >= 0.6 is 43.2 Å². The summed E-state index contributed by atoms with van der Waals surface area (Å²) in [6.07, 6.45) is 3.95. The molecule has 0 spiro atoms. The van der Waals surface area contributed by atoms with Crippen molar-refractivity contribution < 1.29 is 0 Å². The Morgan fingerprint density at radius 3 is 2.73 bits per heavy atom. The molecule has 1 fully saturated rings. The topological polar surface area (TPSA) is 12.0 Å². The number of rotatable bonds is 5. The van der Waals surface area contributed by atoms with Gasteiger partial charge < -0.3 is 5.32 Å². The Balaban J connectivity index is 2.12. The van der Waals surface area contributed by atoms with Gasteiger partial charge in [-0.15, -0.1) is 11.3 Å². The van der Waals surface area contributed by atoms with E-state index in [0.717, 1.165) is 12.5 Å². The molecule has 1 N–H and O–H groups in total. The Morgan fingerprint density at radius 1 is 1.53 bits per heavy atom. The van der Waals surface area contributed by atoms with Gasteiger partial charge in [-0.05, 0) is 75.2 Å². The van der Waals surface area contributed by atoms with Gasteiger partial charge in [0, 0.05) is 6.04 Å². The van der Waals surface area contributed by atoms with Crippen molar-refractivity contribution in [3.63, 3.8) is 0 Å². The summed E-state index contributed by atoms with van der Waals surface area (Å²) in [6.45, 7) is 3.33. The average molecular weight is 353 g/mol. The molecule has 0 radical (unpaired) electrons. The van der Waals surface area contributed by atoms with Crippen molar-refractivity contribution in [2.45, 2.75) is 32.2 Å². The standard InChI is InChI=1S/C11H15Br2NS/c1-2-5-14-10(7-3-4-7)8-6-9(12)15-11(8)13/h6-7,10,14H,2-5H2,1H3. The Hall–Kier alpha value is 0.620. The SMILES string of the molecule is CCCNC(c1cc(Br)sc1Br)C1CC1. The molecule has 0 amide bonds. The molecule has 1 nitrogen and oxygen atoms in total. The lowest BCUT2D eigenvalue weighted by Crippen LogP contribution is -2.23. The molecule has 1 aliphatic rings. The van der Waals surface area contributed by atoms with Crippen LogP contribution < -0.4 is 5.32 Å². The largest absolute Gasteiger partial charge is 0.310 e. The molecule has 15 heavy (non-hydrogen) atoms. The van der Waals surface area contributed by atoms with E-state index in [4.69, 9.17) is 0 Å². The second-order valence-electron chi connectivity index (χ2n) is 4.05. The van der Waals surface area contributed by atoms with E-state index in [0.29, 0.717) is 6.04 Å². The van der Waals surface area contributed by atoms with Gasteiger partial charge in [-0.2, -0.15) is 0 Å². The maximum absolute atomic E-state index is 3.66. The highest BCUT2D eigenvalue weighted by atomic mass is 79.9. The number of nitrogens with one attached hydrogen (secondary N) is 1. The lowest BCUT2D eigenvalue weighted by atomic mass is 10.1. The minimum Gasteiger partial charge on any atom is -0.310 e. The minimum atomic E-state index is 0.557. The van der Waals surface area contributed by atoms with Crippen LogP contribution in [-0.2, 0) is 0 Å². The molecule has 4 heteroatoms. The van der Waals surface area contributed by atoms with Crippen molar-refractivity contribution >= 4 is 43.2 Å². The first kappa shape index (κ1) is 12.1. The lowest BCUT2D eigenvalue weighted by molar-refractivity contribution is 0.481. The van der Waals surface area contributed by atoms with E-state index >= 15 is 0 Å². The summed E-state index contributed by atoms with van der Waals surface area (Å²) in [5, 5.41) is 3.66. The summed E-state index contributed by atoms with van der Waals surface area (Å²) in [5.74, 6) is 0.856. The Bertz CT molecular complexity index is 333. The highest BCUT2D eigenvalue weighted by Gasteiger charge is 2.33. The molecule has 0 bridgehead atoms. The molecule has 1 saturated carbocycles. The second kappa shape index (κ2) is 5.30. The van der Waals surface area contributed by atoms with Gasteiger partial charge in [-0.1, -0.05) is 6.92 Å². The summed E-state index contributed by atoms with van der Waals surface area (Å²) in [4.78, 5) is 0. The Morgan fingerprint density at radius 2 is 2.27 bits per heavy atom. The zero-order valence-electron chi connectivity index (χ0n) is 8.72. The molecule has 1 aromatic rings. The van der Waals surface area contributed by atoms with Crippen molar-refractivity contribution in [2.24, 2.45) is 5.92 Å². The zero-order valence-corrected chi connectivity index (χ0v) is 12.7. The summed E-state index contributed by atoms with van der Waals surface area (Å²) < 4.78 is 2.49. The van der Waals surface area contributed by atoms with E-state index in [9.17, 15) is 0 Å². The lowest BCUT2D eigenvalue weighted by Gasteiger charge is -2.17. The van der Waals surface area contributed by atoms with Crippen LogP contribution in [0.5, 0.6) is 0 Å². The van der Waals surface area contributed by atoms with Crippen LogP contribution in [0.25, 0.3) is 0 Å². The highest BCUT2D eigenvalue weighted by Crippen LogP contribution is 2.45. The molecule has 2 rings (SSSR count). The van der Waals surface area contributed by atoms with Crippen LogP contribution in [0.15, 0.2) is 13.6 Å². The minimum absolute atomic E-state index is 0.557. The van der Waals surface area contributed by atoms with Crippen LogP contribution in [-0.4, -0.2) is 6.54 Å². The molecule has 0 aromatic carbocycles. The van der Waals surface area contributed by atoms with Gasteiger partial charge in [0.15, 0.2) is 0 Å². The van der Waals surface area contributed by atoms with Crippen molar-refractivity contribution in [2.75, 3.05) is 6.54 Å². The van der Waals surface area contributed by atoms with Crippen molar-refractivity contribution in [3.05, 3.63) is 19.2 Å². The van der Waals surface area contributed by atoms with E-state index in [1.165, 1.54) is 32.4 Å². The van der Waals surface area contributed by atoms with E-state index < -0.39 is 0 Å². The molecule has 1 unspecified atom stereocenters. The molecular weight excluding hydrogens is 338 g/mol. The molecular formula is C11H15Br2NS. The predicted octanol–water partition coefficient (Wildman–Crippen LogP) is 4.72. The summed E-state index contributed by atoms with van der Waals surface area (Å²) in [7, 11) is 0. The van der Waals surface area contributed by atoms with Crippen LogP contribution in [0.1, 0.15) is 37.8 Å². The van der Waals surface area contributed by atoms with Crippen LogP contribution in [0.3, 0.4) is 0 Å². The molecule has 0 aliphatic heterocycles. The number of hydrogen-bond donors (Lipinski definition) is 1. The van der Waals surface area contributed by atoms with Crippen LogP contribution in [0.2, 0.25) is 0 Å².